The highest BCUT2D eigenvalue weighted by molar-refractivity contribution is 9.10. The van der Waals surface area contributed by atoms with E-state index in [1.54, 1.807) is 12.3 Å². The van der Waals surface area contributed by atoms with Crippen molar-refractivity contribution < 1.29 is 4.74 Å². The maximum atomic E-state index is 5.30. The third-order valence-corrected chi connectivity index (χ3v) is 2.66. The summed E-state index contributed by atoms with van der Waals surface area (Å²) < 4.78 is 6.31. The molecule has 0 saturated heterocycles. The Bertz CT molecular complexity index is 521. The van der Waals surface area contributed by atoms with Gasteiger partial charge in [0.15, 0.2) is 0 Å². The zero-order valence-corrected chi connectivity index (χ0v) is 11.5. The van der Waals surface area contributed by atoms with Gasteiger partial charge in [-0.2, -0.15) is 0 Å². The predicted octanol–water partition coefficient (Wildman–Crippen LogP) is 2.64. The standard InChI is InChI=1S/C12H13BrN4O/c1-2-18-12-6-11(16-8-17-12)15-7-10-5-9(13)3-4-14-10/h3-6,8H,2,7H2,1H3,(H,15,16,17). The van der Waals surface area contributed by atoms with Crippen LogP contribution in [0.25, 0.3) is 0 Å². The van der Waals surface area contributed by atoms with Gasteiger partial charge in [-0.05, 0) is 19.1 Å². The lowest BCUT2D eigenvalue weighted by molar-refractivity contribution is 0.326. The van der Waals surface area contributed by atoms with E-state index in [2.05, 4.69) is 36.2 Å². The first-order valence-electron chi connectivity index (χ1n) is 5.57. The number of nitrogens with one attached hydrogen (secondary N) is 1. The molecule has 2 aromatic rings. The van der Waals surface area contributed by atoms with Crippen molar-refractivity contribution in [2.45, 2.75) is 13.5 Å². The monoisotopic (exact) mass is 308 g/mol. The Balaban J connectivity index is 1.99. The van der Waals surface area contributed by atoms with Crippen LogP contribution in [0.5, 0.6) is 5.88 Å². The van der Waals surface area contributed by atoms with Crippen LogP contribution in [0.1, 0.15) is 12.6 Å². The van der Waals surface area contributed by atoms with Crippen LogP contribution in [0.2, 0.25) is 0 Å². The molecule has 0 unspecified atom stereocenters. The second-order valence-corrected chi connectivity index (χ2v) is 4.41. The van der Waals surface area contributed by atoms with Crippen molar-refractivity contribution in [1.29, 1.82) is 0 Å². The second-order valence-electron chi connectivity index (χ2n) is 3.49. The van der Waals surface area contributed by atoms with E-state index in [0.717, 1.165) is 16.0 Å². The van der Waals surface area contributed by atoms with Crippen molar-refractivity contribution in [2.75, 3.05) is 11.9 Å². The lowest BCUT2D eigenvalue weighted by Gasteiger charge is -2.06. The van der Waals surface area contributed by atoms with Gasteiger partial charge >= 0.3 is 0 Å². The Morgan fingerprint density at radius 2 is 2.17 bits per heavy atom. The molecule has 0 saturated carbocycles. The van der Waals surface area contributed by atoms with Crippen LogP contribution in [0.15, 0.2) is 35.2 Å². The average Bonchev–Trinajstić information content (AvgIpc) is 2.37. The summed E-state index contributed by atoms with van der Waals surface area (Å²) in [6.45, 7) is 3.10. The number of halogens is 1. The van der Waals surface area contributed by atoms with Crippen molar-refractivity contribution in [1.82, 2.24) is 15.0 Å². The minimum atomic E-state index is 0.567. The van der Waals surface area contributed by atoms with Crippen LogP contribution in [0.3, 0.4) is 0 Å². The van der Waals surface area contributed by atoms with Gasteiger partial charge in [-0.3, -0.25) is 4.98 Å². The summed E-state index contributed by atoms with van der Waals surface area (Å²) in [5, 5.41) is 3.17. The number of pyridine rings is 1. The minimum absolute atomic E-state index is 0.567. The molecule has 2 rings (SSSR count). The summed E-state index contributed by atoms with van der Waals surface area (Å²) >= 11 is 3.41. The summed E-state index contributed by atoms with van der Waals surface area (Å²) in [7, 11) is 0. The molecule has 0 atom stereocenters. The summed E-state index contributed by atoms with van der Waals surface area (Å²) in [6, 6.07) is 5.61. The van der Waals surface area contributed by atoms with Gasteiger partial charge in [-0.25, -0.2) is 9.97 Å². The first kappa shape index (κ1) is 12.8. The quantitative estimate of drug-likeness (QED) is 0.920. The highest BCUT2D eigenvalue weighted by Gasteiger charge is 2.00. The highest BCUT2D eigenvalue weighted by Crippen LogP contribution is 2.13. The molecular formula is C12H13BrN4O. The van der Waals surface area contributed by atoms with Crippen molar-refractivity contribution in [2.24, 2.45) is 0 Å². The molecule has 0 aliphatic rings. The summed E-state index contributed by atoms with van der Waals surface area (Å²) in [6.07, 6.45) is 3.23. The highest BCUT2D eigenvalue weighted by atomic mass is 79.9. The van der Waals surface area contributed by atoms with Gasteiger partial charge in [0.25, 0.3) is 0 Å². The van der Waals surface area contributed by atoms with Crippen LogP contribution in [0.4, 0.5) is 5.82 Å². The van der Waals surface area contributed by atoms with E-state index in [-0.39, 0.29) is 0 Å². The van der Waals surface area contributed by atoms with Crippen molar-refractivity contribution in [3.05, 3.63) is 40.9 Å². The normalized spacial score (nSPS) is 10.1. The Kier molecular flexibility index (Phi) is 4.46. The number of nitrogens with zero attached hydrogens (tertiary/aromatic N) is 3. The van der Waals surface area contributed by atoms with Crippen LogP contribution in [-0.4, -0.2) is 21.6 Å². The molecule has 2 heterocycles. The number of anilines is 1. The van der Waals surface area contributed by atoms with Crippen LogP contribution in [0, 0.1) is 0 Å². The third-order valence-electron chi connectivity index (χ3n) is 2.16. The first-order chi connectivity index (χ1) is 8.78. The third kappa shape index (κ3) is 3.66. The molecule has 18 heavy (non-hydrogen) atoms. The molecule has 0 amide bonds. The zero-order chi connectivity index (χ0) is 12.8. The largest absolute Gasteiger partial charge is 0.478 e. The zero-order valence-electron chi connectivity index (χ0n) is 9.93. The lowest BCUT2D eigenvalue weighted by atomic mass is 10.3. The van der Waals surface area contributed by atoms with Crippen molar-refractivity contribution in [3.63, 3.8) is 0 Å². The molecule has 0 radical (unpaired) electrons. The van der Waals surface area contributed by atoms with Gasteiger partial charge in [0.2, 0.25) is 5.88 Å². The molecule has 94 valence electrons. The van der Waals surface area contributed by atoms with E-state index in [9.17, 15) is 0 Å². The Morgan fingerprint density at radius 3 is 2.94 bits per heavy atom. The van der Waals surface area contributed by atoms with E-state index in [1.165, 1.54) is 6.33 Å². The van der Waals surface area contributed by atoms with Gasteiger partial charge in [0, 0.05) is 16.7 Å². The van der Waals surface area contributed by atoms with Gasteiger partial charge in [0.1, 0.15) is 12.1 Å². The molecule has 0 fully saturated rings. The lowest BCUT2D eigenvalue weighted by Crippen LogP contribution is -2.04. The molecule has 1 N–H and O–H groups in total. The number of hydrogen-bond acceptors (Lipinski definition) is 5. The van der Waals surface area contributed by atoms with E-state index in [4.69, 9.17) is 4.74 Å². The fourth-order valence-electron chi connectivity index (χ4n) is 1.39. The van der Waals surface area contributed by atoms with E-state index >= 15 is 0 Å². The summed E-state index contributed by atoms with van der Waals surface area (Å²) in [4.78, 5) is 12.4. The second kappa shape index (κ2) is 6.30. The fraction of sp³-hybridized carbons (Fsp3) is 0.250. The van der Waals surface area contributed by atoms with Crippen molar-refractivity contribution >= 4 is 21.7 Å². The number of aromatic nitrogens is 3. The molecule has 5 nitrogen and oxygen atoms in total. The van der Waals surface area contributed by atoms with Gasteiger partial charge in [-0.1, -0.05) is 15.9 Å². The summed E-state index contributed by atoms with van der Waals surface area (Å²) in [5.74, 6) is 1.28. The topological polar surface area (TPSA) is 59.9 Å². The fourth-order valence-corrected chi connectivity index (χ4v) is 1.77. The maximum absolute atomic E-state index is 5.30. The Labute approximate surface area is 114 Å². The first-order valence-corrected chi connectivity index (χ1v) is 6.36. The smallest absolute Gasteiger partial charge is 0.218 e. The predicted molar refractivity (Wildman–Crippen MR) is 72.5 cm³/mol. The Morgan fingerprint density at radius 1 is 1.28 bits per heavy atom. The van der Waals surface area contributed by atoms with Crippen LogP contribution >= 0.6 is 15.9 Å². The van der Waals surface area contributed by atoms with Gasteiger partial charge < -0.3 is 10.1 Å². The number of rotatable bonds is 5. The van der Waals surface area contributed by atoms with Crippen LogP contribution < -0.4 is 10.1 Å². The molecule has 6 heteroatoms. The molecule has 0 aromatic carbocycles. The SMILES string of the molecule is CCOc1cc(NCc2cc(Br)ccn2)ncn1. The van der Waals surface area contributed by atoms with E-state index in [1.807, 2.05) is 19.1 Å². The molecule has 2 aromatic heterocycles. The van der Waals surface area contributed by atoms with Crippen LogP contribution in [-0.2, 0) is 6.54 Å². The van der Waals surface area contributed by atoms with E-state index < -0.39 is 0 Å². The molecule has 0 spiro atoms. The molecule has 0 bridgehead atoms. The van der Waals surface area contributed by atoms with Crippen molar-refractivity contribution in [3.8, 4) is 5.88 Å². The summed E-state index contributed by atoms with van der Waals surface area (Å²) in [5.41, 5.74) is 0.931. The molecule has 0 aliphatic carbocycles. The van der Waals surface area contributed by atoms with Gasteiger partial charge in [0.05, 0.1) is 18.8 Å². The van der Waals surface area contributed by atoms with Gasteiger partial charge in [-0.15, -0.1) is 0 Å². The number of hydrogen-bond donors (Lipinski definition) is 1. The maximum Gasteiger partial charge on any atom is 0.218 e. The molecule has 0 aliphatic heterocycles. The Hall–Kier alpha value is -1.69. The average molecular weight is 309 g/mol. The van der Waals surface area contributed by atoms with E-state index in [0.29, 0.717) is 19.0 Å². The minimum Gasteiger partial charge on any atom is -0.478 e. The number of ether oxygens (including phenoxy) is 1. The molecular weight excluding hydrogens is 296 g/mol.